The molecule has 1 aliphatic heterocycles. The Hall–Kier alpha value is -1.11. The third-order valence-corrected chi connectivity index (χ3v) is 2.63. The molecule has 1 heterocycles. The van der Waals surface area contributed by atoms with Gasteiger partial charge < -0.3 is 0 Å². The van der Waals surface area contributed by atoms with Crippen molar-refractivity contribution in [2.45, 2.75) is 33.2 Å². The van der Waals surface area contributed by atoms with Crippen molar-refractivity contribution in [1.82, 2.24) is 0 Å². The molecule has 1 nitrogen and oxygen atoms in total. The molecule has 1 aliphatic rings. The maximum Gasteiger partial charge on any atom is 0.209 e. The molecule has 0 bridgehead atoms. The first-order valence-corrected chi connectivity index (χ1v) is 4.89. The van der Waals surface area contributed by atoms with E-state index in [0.717, 1.165) is 6.42 Å². The van der Waals surface area contributed by atoms with Gasteiger partial charge in [0.1, 0.15) is 0 Å². The maximum atomic E-state index is 2.43. The lowest BCUT2D eigenvalue weighted by Crippen LogP contribution is -2.18. The van der Waals surface area contributed by atoms with E-state index < -0.39 is 0 Å². The van der Waals surface area contributed by atoms with Crippen molar-refractivity contribution < 1.29 is 4.58 Å². The van der Waals surface area contributed by atoms with Crippen LogP contribution in [0, 0.1) is 0 Å². The monoisotopic (exact) mass is 174 g/mol. The molecular weight excluding hydrogens is 158 g/mol. The molecule has 13 heavy (non-hydrogen) atoms. The van der Waals surface area contributed by atoms with E-state index in [0.29, 0.717) is 6.04 Å². The van der Waals surface area contributed by atoms with Crippen LogP contribution in [0.25, 0.3) is 0 Å². The van der Waals surface area contributed by atoms with Crippen molar-refractivity contribution in [2.24, 2.45) is 0 Å². The van der Waals surface area contributed by atoms with E-state index in [1.54, 1.807) is 0 Å². The van der Waals surface area contributed by atoms with Gasteiger partial charge in [-0.3, -0.25) is 0 Å². The van der Waals surface area contributed by atoms with E-state index in [2.05, 4.69) is 49.6 Å². The van der Waals surface area contributed by atoms with Gasteiger partial charge in [0.2, 0.25) is 5.69 Å². The first-order chi connectivity index (χ1) is 6.20. The second kappa shape index (κ2) is 2.99. The van der Waals surface area contributed by atoms with Crippen LogP contribution >= 0.6 is 0 Å². The molecule has 0 fully saturated rings. The number of benzene rings is 1. The summed E-state index contributed by atoms with van der Waals surface area (Å²) in [4.78, 5) is 0. The van der Waals surface area contributed by atoms with Crippen LogP contribution in [0.15, 0.2) is 24.3 Å². The van der Waals surface area contributed by atoms with Crippen LogP contribution in [0.2, 0.25) is 0 Å². The predicted molar refractivity (Wildman–Crippen MR) is 55.9 cm³/mol. The van der Waals surface area contributed by atoms with Crippen LogP contribution in [0.4, 0.5) is 5.69 Å². The minimum absolute atomic E-state index is 0.573. The lowest BCUT2D eigenvalue weighted by molar-refractivity contribution is -0.473. The second-order valence-electron chi connectivity index (χ2n) is 4.00. The van der Waals surface area contributed by atoms with Gasteiger partial charge in [-0.2, -0.15) is 4.58 Å². The molecule has 2 rings (SSSR count). The summed E-state index contributed by atoms with van der Waals surface area (Å²) in [5.74, 6) is 0. The third-order valence-electron chi connectivity index (χ3n) is 2.63. The quantitative estimate of drug-likeness (QED) is 0.576. The number of hydrogen-bond donors (Lipinski definition) is 0. The first-order valence-electron chi connectivity index (χ1n) is 4.89. The SMILES string of the molecule is CC1=[N+](C(C)C)c2ccccc2C1. The molecule has 0 aromatic heterocycles. The van der Waals surface area contributed by atoms with E-state index in [4.69, 9.17) is 0 Å². The zero-order valence-corrected chi connectivity index (χ0v) is 8.54. The first kappa shape index (κ1) is 8.49. The van der Waals surface area contributed by atoms with E-state index in [9.17, 15) is 0 Å². The Morgan fingerprint density at radius 2 is 1.92 bits per heavy atom. The summed E-state index contributed by atoms with van der Waals surface area (Å²) in [6.07, 6.45) is 1.12. The third kappa shape index (κ3) is 1.28. The van der Waals surface area contributed by atoms with Gasteiger partial charge in [0, 0.05) is 18.6 Å². The van der Waals surface area contributed by atoms with Gasteiger partial charge in [0.15, 0.2) is 11.8 Å². The molecule has 1 aromatic carbocycles. The number of hydrogen-bond acceptors (Lipinski definition) is 0. The van der Waals surface area contributed by atoms with Crippen molar-refractivity contribution in [3.8, 4) is 0 Å². The summed E-state index contributed by atoms with van der Waals surface area (Å²) in [5.41, 5.74) is 4.33. The van der Waals surface area contributed by atoms with Gasteiger partial charge in [0.25, 0.3) is 0 Å². The zero-order chi connectivity index (χ0) is 9.42. The number of para-hydroxylation sites is 1. The van der Waals surface area contributed by atoms with Crippen LogP contribution in [-0.4, -0.2) is 16.3 Å². The Morgan fingerprint density at radius 3 is 2.62 bits per heavy atom. The normalized spacial score (nSPS) is 15.4. The Bertz CT molecular complexity index is 361. The average Bonchev–Trinajstić information content (AvgIpc) is 2.39. The number of fused-ring (bicyclic) bond motifs is 1. The van der Waals surface area contributed by atoms with Crippen LogP contribution in [0.3, 0.4) is 0 Å². The molecule has 0 saturated heterocycles. The predicted octanol–water partition coefficient (Wildman–Crippen LogP) is 2.76. The van der Waals surface area contributed by atoms with Gasteiger partial charge in [-0.15, -0.1) is 0 Å². The minimum atomic E-state index is 0.573. The molecule has 0 saturated carbocycles. The second-order valence-corrected chi connectivity index (χ2v) is 4.00. The summed E-state index contributed by atoms with van der Waals surface area (Å²) in [6, 6.07) is 9.25. The Kier molecular flexibility index (Phi) is 1.95. The molecule has 68 valence electrons. The highest BCUT2D eigenvalue weighted by molar-refractivity contribution is 5.84. The summed E-state index contributed by atoms with van der Waals surface area (Å²) in [7, 11) is 0. The lowest BCUT2D eigenvalue weighted by Gasteiger charge is -2.04. The molecule has 0 unspecified atom stereocenters. The fourth-order valence-corrected chi connectivity index (χ4v) is 2.18. The summed E-state index contributed by atoms with van der Waals surface area (Å²) in [5, 5.41) is 0. The molecule has 1 heteroatoms. The van der Waals surface area contributed by atoms with Crippen molar-refractivity contribution >= 4 is 11.4 Å². The smallest absolute Gasteiger partial charge is 0.198 e. The highest BCUT2D eigenvalue weighted by atomic mass is 15.1. The summed E-state index contributed by atoms with van der Waals surface area (Å²) in [6.45, 7) is 6.71. The van der Waals surface area contributed by atoms with Crippen LogP contribution in [-0.2, 0) is 6.42 Å². The largest absolute Gasteiger partial charge is 0.209 e. The fraction of sp³-hybridized carbons (Fsp3) is 0.417. The molecular formula is C12H16N+. The van der Waals surface area contributed by atoms with Crippen molar-refractivity contribution in [3.05, 3.63) is 29.8 Å². The van der Waals surface area contributed by atoms with Gasteiger partial charge in [-0.05, 0) is 13.8 Å². The van der Waals surface area contributed by atoms with Crippen LogP contribution in [0.1, 0.15) is 26.3 Å². The van der Waals surface area contributed by atoms with Gasteiger partial charge in [0.05, 0.1) is 6.42 Å². The van der Waals surface area contributed by atoms with Crippen LogP contribution < -0.4 is 0 Å². The molecule has 0 spiro atoms. The Morgan fingerprint density at radius 1 is 1.23 bits per heavy atom. The van der Waals surface area contributed by atoms with Crippen molar-refractivity contribution in [3.63, 3.8) is 0 Å². The van der Waals surface area contributed by atoms with Crippen molar-refractivity contribution in [1.29, 1.82) is 0 Å². The van der Waals surface area contributed by atoms with E-state index in [1.807, 2.05) is 0 Å². The molecule has 1 aromatic rings. The molecule has 0 aliphatic carbocycles. The molecule has 0 atom stereocenters. The zero-order valence-electron chi connectivity index (χ0n) is 8.54. The van der Waals surface area contributed by atoms with Crippen molar-refractivity contribution in [2.75, 3.05) is 0 Å². The summed E-state index contributed by atoms with van der Waals surface area (Å²) >= 11 is 0. The van der Waals surface area contributed by atoms with E-state index in [-0.39, 0.29) is 0 Å². The molecule has 0 radical (unpaired) electrons. The number of rotatable bonds is 1. The summed E-state index contributed by atoms with van der Waals surface area (Å²) < 4.78 is 2.43. The fourth-order valence-electron chi connectivity index (χ4n) is 2.18. The molecule has 0 amide bonds. The highest BCUT2D eigenvalue weighted by Gasteiger charge is 2.27. The topological polar surface area (TPSA) is 3.01 Å². The maximum absolute atomic E-state index is 2.43. The van der Waals surface area contributed by atoms with E-state index in [1.165, 1.54) is 17.0 Å². The van der Waals surface area contributed by atoms with E-state index >= 15 is 0 Å². The van der Waals surface area contributed by atoms with Crippen LogP contribution in [0.5, 0.6) is 0 Å². The van der Waals surface area contributed by atoms with Gasteiger partial charge in [-0.1, -0.05) is 18.2 Å². The molecule has 0 N–H and O–H groups in total. The standard InChI is InChI=1S/C12H16N/c1-9(2)13-10(3)8-11-6-4-5-7-12(11)13/h4-7,9H,8H2,1-3H3/q+1. The lowest BCUT2D eigenvalue weighted by atomic mass is 10.1. The highest BCUT2D eigenvalue weighted by Crippen LogP contribution is 2.27. The Labute approximate surface area is 79.7 Å². The van der Waals surface area contributed by atoms with Gasteiger partial charge in [-0.25, -0.2) is 0 Å². The Balaban J connectivity index is 2.53. The van der Waals surface area contributed by atoms with Gasteiger partial charge >= 0.3 is 0 Å². The number of nitrogens with zero attached hydrogens (tertiary/aromatic N) is 1. The minimum Gasteiger partial charge on any atom is -0.198 e. The average molecular weight is 174 g/mol.